The minimum atomic E-state index is -0.267. The average Bonchev–Trinajstić information content (AvgIpc) is 4.06. The number of carbonyl (C=O) groups is 1. The topological polar surface area (TPSA) is 141 Å². The monoisotopic (exact) mass is 783 g/mol. The number of aromatic hydroxyl groups is 1. The number of aliphatic imine (C=N–C) groups is 2. The molecular formula is C44H58ClN7O4. The molecular weight excluding hydrogens is 726 g/mol. The van der Waals surface area contributed by atoms with Crippen LogP contribution in [0.1, 0.15) is 62.0 Å². The first-order chi connectivity index (χ1) is 27.3. The molecule has 0 radical (unpaired) electrons. The van der Waals surface area contributed by atoms with E-state index in [0.29, 0.717) is 51.3 Å². The fraction of sp³-hybridized carbons (Fsp3) is 0.341. The zero-order valence-corrected chi connectivity index (χ0v) is 34.0. The number of guanidine groups is 1. The lowest BCUT2D eigenvalue weighted by molar-refractivity contribution is 0.0524. The van der Waals surface area contributed by atoms with Gasteiger partial charge >= 0.3 is 0 Å². The number of allylic oxidation sites excluding steroid dienone is 1. The van der Waals surface area contributed by atoms with Gasteiger partial charge in [0.2, 0.25) is 5.96 Å². The van der Waals surface area contributed by atoms with Crippen molar-refractivity contribution in [1.82, 2.24) is 16.0 Å². The van der Waals surface area contributed by atoms with Gasteiger partial charge in [0.05, 0.1) is 38.8 Å². The van der Waals surface area contributed by atoms with Crippen LogP contribution < -0.4 is 26.6 Å². The number of benzene rings is 4. The van der Waals surface area contributed by atoms with Crippen molar-refractivity contribution in [3.8, 4) is 5.75 Å². The Kier molecular flexibility index (Phi) is 21.4. The van der Waals surface area contributed by atoms with Gasteiger partial charge in [-0.3, -0.25) is 9.79 Å². The summed E-state index contributed by atoms with van der Waals surface area (Å²) in [6.07, 6.45) is 2.79. The molecule has 0 amide bonds. The van der Waals surface area contributed by atoms with Gasteiger partial charge in [-0.05, 0) is 92.9 Å². The molecule has 5 rings (SSSR count). The number of phenols is 1. The van der Waals surface area contributed by atoms with Gasteiger partial charge in [0.15, 0.2) is 0 Å². The number of ether oxygens (including phenoxy) is 2. The van der Waals surface area contributed by atoms with E-state index in [2.05, 4.69) is 55.8 Å². The largest absolute Gasteiger partial charge is 0.508 e. The summed E-state index contributed by atoms with van der Waals surface area (Å²) < 4.78 is 11.1. The second-order valence-corrected chi connectivity index (χ2v) is 12.8. The maximum atomic E-state index is 10.0. The standard InChI is InChI=1S/C35H46ClN7O3.C7H6O.C2H6/c1-25(38-19-21-46-23-22-45-20-18-37-3)41-35(43-31-14-16-32(44)17-15-31)42-26(2)40-30-12-10-28(11-13-30)34(27-8-9-27)39-24-29-6-4-5-7-33(29)36;8-6-7-4-2-1-3-5-7;1-2/h4-7,10-17,26,37,39-40,44H,8-9,18-24H2,1-3H3,(H2,38,41,42,43);1-6H;1-2H3. The van der Waals surface area contributed by atoms with E-state index in [1.807, 2.05) is 77.2 Å². The predicted octanol–water partition coefficient (Wildman–Crippen LogP) is 8.35. The molecule has 1 aliphatic carbocycles. The average molecular weight is 784 g/mol. The molecule has 0 aliphatic heterocycles. The highest BCUT2D eigenvalue weighted by molar-refractivity contribution is 6.31. The maximum absolute atomic E-state index is 10.0. The van der Waals surface area contributed by atoms with Gasteiger partial charge in [0.25, 0.3) is 0 Å². The maximum Gasteiger partial charge on any atom is 0.203 e. The number of anilines is 2. The summed E-state index contributed by atoms with van der Waals surface area (Å²) in [5, 5.41) is 27.2. The molecule has 4 aromatic carbocycles. The summed E-state index contributed by atoms with van der Waals surface area (Å²) in [5.41, 5.74) is 7.29. The molecule has 0 bridgehead atoms. The number of aldehydes is 1. The smallest absolute Gasteiger partial charge is 0.203 e. The van der Waals surface area contributed by atoms with E-state index in [1.54, 1.807) is 36.4 Å². The van der Waals surface area contributed by atoms with Gasteiger partial charge in [-0.25, -0.2) is 4.99 Å². The predicted molar refractivity (Wildman–Crippen MR) is 233 cm³/mol. The number of phenolic OH excluding ortho intramolecular Hbond substituents is 1. The van der Waals surface area contributed by atoms with E-state index >= 15 is 0 Å². The van der Waals surface area contributed by atoms with Crippen molar-refractivity contribution < 1.29 is 19.4 Å². The fourth-order valence-electron chi connectivity index (χ4n) is 5.06. The molecule has 300 valence electrons. The summed E-state index contributed by atoms with van der Waals surface area (Å²) in [7, 11) is 1.90. The summed E-state index contributed by atoms with van der Waals surface area (Å²) in [4.78, 5) is 19.4. The molecule has 0 saturated heterocycles. The molecule has 6 N–H and O–H groups in total. The molecule has 0 spiro atoms. The van der Waals surface area contributed by atoms with Crippen LogP contribution in [0.15, 0.2) is 119 Å². The van der Waals surface area contributed by atoms with Gasteiger partial charge in [-0.1, -0.05) is 86.1 Å². The number of amidine groups is 1. The van der Waals surface area contributed by atoms with E-state index < -0.39 is 0 Å². The van der Waals surface area contributed by atoms with Gasteiger partial charge in [-0.15, -0.1) is 0 Å². The minimum Gasteiger partial charge on any atom is -0.508 e. The molecule has 56 heavy (non-hydrogen) atoms. The van der Waals surface area contributed by atoms with E-state index in [-0.39, 0.29) is 11.9 Å². The lowest BCUT2D eigenvalue weighted by atomic mass is 10.1. The molecule has 0 heterocycles. The second kappa shape index (κ2) is 26.6. The third-order valence-electron chi connectivity index (χ3n) is 7.96. The Bertz CT molecular complexity index is 1790. The van der Waals surface area contributed by atoms with Crippen molar-refractivity contribution in [2.24, 2.45) is 9.98 Å². The van der Waals surface area contributed by atoms with E-state index in [0.717, 1.165) is 58.8 Å². The normalized spacial score (nSPS) is 12.6. The van der Waals surface area contributed by atoms with Gasteiger partial charge in [0.1, 0.15) is 18.2 Å². The Morgan fingerprint density at radius 3 is 2.12 bits per heavy atom. The quantitative estimate of drug-likeness (QED) is 0.0193. The van der Waals surface area contributed by atoms with Gasteiger partial charge in [0, 0.05) is 40.7 Å². The van der Waals surface area contributed by atoms with Crippen molar-refractivity contribution in [2.75, 3.05) is 57.2 Å². The van der Waals surface area contributed by atoms with Crippen molar-refractivity contribution in [1.29, 1.82) is 0 Å². The van der Waals surface area contributed by atoms with E-state index in [9.17, 15) is 9.90 Å². The summed E-state index contributed by atoms with van der Waals surface area (Å²) in [5.74, 6) is 1.41. The molecule has 1 fully saturated rings. The zero-order chi connectivity index (χ0) is 40.4. The SMILES string of the molecule is CC.CNCCOCCOCCN=C(C)N/C(=N\C(C)Nc1ccc(C(NCc2ccccc2Cl)=C2CC2)cc1)Nc1ccc(O)cc1.O=Cc1ccccc1. The number of likely N-dealkylation sites (N-methyl/N-ethyl adjacent to an activating group) is 1. The van der Waals surface area contributed by atoms with Crippen LogP contribution in [0.2, 0.25) is 5.02 Å². The van der Waals surface area contributed by atoms with Crippen LogP contribution in [0.4, 0.5) is 11.4 Å². The number of halogens is 1. The van der Waals surface area contributed by atoms with Gasteiger partial charge < -0.3 is 41.2 Å². The van der Waals surface area contributed by atoms with Crippen LogP contribution in [0, 0.1) is 0 Å². The molecule has 12 heteroatoms. The van der Waals surface area contributed by atoms with Crippen LogP contribution in [0.3, 0.4) is 0 Å². The Balaban J connectivity index is 0.000000737. The Hall–Kier alpha value is -5.20. The highest BCUT2D eigenvalue weighted by Gasteiger charge is 2.19. The molecule has 1 aliphatic rings. The first kappa shape index (κ1) is 45.2. The van der Waals surface area contributed by atoms with E-state index in [1.165, 1.54) is 11.3 Å². The molecule has 1 atom stereocenters. The highest BCUT2D eigenvalue weighted by atomic mass is 35.5. The van der Waals surface area contributed by atoms with Crippen LogP contribution >= 0.6 is 11.6 Å². The Morgan fingerprint density at radius 1 is 0.857 bits per heavy atom. The fourth-order valence-corrected chi connectivity index (χ4v) is 5.27. The number of rotatable bonds is 18. The minimum absolute atomic E-state index is 0.195. The first-order valence-corrected chi connectivity index (χ1v) is 19.5. The van der Waals surface area contributed by atoms with Crippen LogP contribution in [0.25, 0.3) is 5.70 Å². The number of nitrogens with zero attached hydrogens (tertiary/aromatic N) is 2. The van der Waals surface area contributed by atoms with Crippen LogP contribution in [-0.2, 0) is 16.0 Å². The van der Waals surface area contributed by atoms with Crippen molar-refractivity contribution in [3.05, 3.63) is 130 Å². The summed E-state index contributed by atoms with van der Waals surface area (Å²) in [6.45, 7) is 12.1. The lowest BCUT2D eigenvalue weighted by Crippen LogP contribution is -2.36. The summed E-state index contributed by atoms with van der Waals surface area (Å²) >= 11 is 6.38. The zero-order valence-electron chi connectivity index (χ0n) is 33.3. The van der Waals surface area contributed by atoms with Gasteiger partial charge in [-0.2, -0.15) is 0 Å². The Labute approximate surface area is 337 Å². The number of hydrogen-bond donors (Lipinski definition) is 6. The van der Waals surface area contributed by atoms with E-state index in [4.69, 9.17) is 26.1 Å². The first-order valence-electron chi connectivity index (χ1n) is 19.1. The number of hydrogen-bond acceptors (Lipinski definition) is 9. The Morgan fingerprint density at radius 2 is 1.50 bits per heavy atom. The number of carbonyl (C=O) groups excluding carboxylic acids is 1. The van der Waals surface area contributed by atoms with Crippen molar-refractivity contribution in [2.45, 2.75) is 53.2 Å². The highest BCUT2D eigenvalue weighted by Crippen LogP contribution is 2.35. The number of nitrogens with one attached hydrogen (secondary N) is 5. The molecule has 1 saturated carbocycles. The van der Waals surface area contributed by atoms with Crippen LogP contribution in [-0.4, -0.2) is 75.9 Å². The lowest BCUT2D eigenvalue weighted by Gasteiger charge is -2.17. The third kappa shape index (κ3) is 18.0. The van der Waals surface area contributed by atoms with Crippen LogP contribution in [0.5, 0.6) is 5.75 Å². The molecule has 0 aromatic heterocycles. The molecule has 4 aromatic rings. The molecule has 1 unspecified atom stereocenters. The van der Waals surface area contributed by atoms with Crippen molar-refractivity contribution >= 4 is 46.8 Å². The summed E-state index contributed by atoms with van der Waals surface area (Å²) in [6, 6.07) is 32.2. The third-order valence-corrected chi connectivity index (χ3v) is 8.33. The second-order valence-electron chi connectivity index (χ2n) is 12.4. The molecule has 11 nitrogen and oxygen atoms in total. The van der Waals surface area contributed by atoms with Crippen molar-refractivity contribution in [3.63, 3.8) is 0 Å².